The SMILES string of the molecule is Cc1cc(CNC(=O)NCCCC(=O)O)nc(N2CCCC2)n1. The summed E-state index contributed by atoms with van der Waals surface area (Å²) in [4.78, 5) is 33.2. The molecule has 0 atom stereocenters. The highest BCUT2D eigenvalue weighted by Crippen LogP contribution is 2.16. The Morgan fingerprint density at radius 3 is 2.70 bits per heavy atom. The van der Waals surface area contributed by atoms with E-state index in [1.54, 1.807) is 0 Å². The summed E-state index contributed by atoms with van der Waals surface area (Å²) in [5.41, 5.74) is 1.64. The molecule has 0 unspecified atom stereocenters. The van der Waals surface area contributed by atoms with Crippen LogP contribution in [0.3, 0.4) is 0 Å². The molecule has 0 radical (unpaired) electrons. The molecule has 1 aliphatic heterocycles. The smallest absolute Gasteiger partial charge is 0.315 e. The summed E-state index contributed by atoms with van der Waals surface area (Å²) in [7, 11) is 0. The quantitative estimate of drug-likeness (QED) is 0.648. The van der Waals surface area contributed by atoms with E-state index in [-0.39, 0.29) is 12.5 Å². The summed E-state index contributed by atoms with van der Waals surface area (Å²) in [5.74, 6) is -0.140. The average Bonchev–Trinajstić information content (AvgIpc) is 3.03. The Hall–Kier alpha value is -2.38. The highest BCUT2D eigenvalue weighted by molar-refractivity contribution is 5.73. The van der Waals surface area contributed by atoms with Crippen LogP contribution in [0.5, 0.6) is 0 Å². The monoisotopic (exact) mass is 321 g/mol. The third-order valence-electron chi connectivity index (χ3n) is 3.57. The Bertz CT molecular complexity index is 558. The molecule has 126 valence electrons. The molecule has 2 rings (SSSR count). The molecule has 0 saturated carbocycles. The number of carbonyl (C=O) groups excluding carboxylic acids is 1. The van der Waals surface area contributed by atoms with Crippen LogP contribution < -0.4 is 15.5 Å². The fourth-order valence-electron chi connectivity index (χ4n) is 2.44. The van der Waals surface area contributed by atoms with E-state index in [1.807, 2.05) is 13.0 Å². The van der Waals surface area contributed by atoms with Crippen molar-refractivity contribution in [3.05, 3.63) is 17.5 Å². The minimum atomic E-state index is -0.863. The fourth-order valence-corrected chi connectivity index (χ4v) is 2.44. The van der Waals surface area contributed by atoms with E-state index in [9.17, 15) is 9.59 Å². The van der Waals surface area contributed by atoms with Gasteiger partial charge >= 0.3 is 12.0 Å². The second kappa shape index (κ2) is 8.30. The van der Waals surface area contributed by atoms with Crippen LogP contribution in [0.2, 0.25) is 0 Å². The number of aliphatic carboxylic acids is 1. The van der Waals surface area contributed by atoms with Crippen molar-refractivity contribution in [2.24, 2.45) is 0 Å². The van der Waals surface area contributed by atoms with Gasteiger partial charge < -0.3 is 20.6 Å². The molecule has 2 amide bonds. The maximum absolute atomic E-state index is 11.7. The summed E-state index contributed by atoms with van der Waals surface area (Å²) < 4.78 is 0. The van der Waals surface area contributed by atoms with Crippen molar-refractivity contribution in [2.75, 3.05) is 24.5 Å². The molecule has 2 heterocycles. The van der Waals surface area contributed by atoms with Gasteiger partial charge in [0.25, 0.3) is 0 Å². The standard InChI is InChI=1S/C15H23N5O3/c1-11-9-12(19-14(18-11)20-7-2-3-8-20)10-17-15(23)16-6-4-5-13(21)22/h9H,2-8,10H2,1H3,(H,21,22)(H2,16,17,23). The number of carboxylic acid groups (broad SMARTS) is 1. The molecule has 3 N–H and O–H groups in total. The first-order chi connectivity index (χ1) is 11.0. The molecule has 0 aromatic carbocycles. The van der Waals surface area contributed by atoms with Crippen LogP contribution in [0.25, 0.3) is 0 Å². The summed E-state index contributed by atoms with van der Waals surface area (Å²) in [5, 5.41) is 13.9. The van der Waals surface area contributed by atoms with E-state index in [4.69, 9.17) is 5.11 Å². The molecule has 1 saturated heterocycles. The van der Waals surface area contributed by atoms with Gasteiger partial charge in [-0.3, -0.25) is 4.79 Å². The van der Waals surface area contributed by atoms with Gasteiger partial charge in [-0.15, -0.1) is 0 Å². The Morgan fingerprint density at radius 1 is 1.26 bits per heavy atom. The number of anilines is 1. The van der Waals surface area contributed by atoms with Crippen molar-refractivity contribution in [1.29, 1.82) is 0 Å². The fraction of sp³-hybridized carbons (Fsp3) is 0.600. The molecule has 1 aromatic rings. The van der Waals surface area contributed by atoms with Crippen molar-refractivity contribution in [3.63, 3.8) is 0 Å². The number of carboxylic acids is 1. The molecule has 8 heteroatoms. The zero-order valence-electron chi connectivity index (χ0n) is 13.3. The summed E-state index contributed by atoms with van der Waals surface area (Å²) in [6.07, 6.45) is 2.77. The lowest BCUT2D eigenvalue weighted by molar-refractivity contribution is -0.137. The normalized spacial score (nSPS) is 13.9. The van der Waals surface area contributed by atoms with E-state index >= 15 is 0 Å². The highest BCUT2D eigenvalue weighted by atomic mass is 16.4. The van der Waals surface area contributed by atoms with E-state index in [1.165, 1.54) is 0 Å². The second-order valence-corrected chi connectivity index (χ2v) is 5.60. The average molecular weight is 321 g/mol. The van der Waals surface area contributed by atoms with Crippen LogP contribution in [0.4, 0.5) is 10.7 Å². The topological polar surface area (TPSA) is 107 Å². The molecular formula is C15H23N5O3. The maximum atomic E-state index is 11.7. The van der Waals surface area contributed by atoms with Gasteiger partial charge in [-0.05, 0) is 32.3 Å². The number of nitrogens with zero attached hydrogens (tertiary/aromatic N) is 3. The summed E-state index contributed by atoms with van der Waals surface area (Å²) in [6.45, 7) is 4.51. The number of amides is 2. The Morgan fingerprint density at radius 2 is 2.00 bits per heavy atom. The summed E-state index contributed by atoms with van der Waals surface area (Å²) in [6, 6.07) is 1.53. The van der Waals surface area contributed by atoms with Gasteiger partial charge in [0.2, 0.25) is 5.95 Å². The minimum Gasteiger partial charge on any atom is -0.481 e. The Kier molecular flexibility index (Phi) is 6.13. The molecule has 1 aromatic heterocycles. The van der Waals surface area contributed by atoms with Gasteiger partial charge in [0.15, 0.2) is 0 Å². The number of carbonyl (C=O) groups is 2. The predicted molar refractivity (Wildman–Crippen MR) is 85.3 cm³/mol. The van der Waals surface area contributed by atoms with Crippen LogP contribution in [0.15, 0.2) is 6.07 Å². The van der Waals surface area contributed by atoms with E-state index in [0.29, 0.717) is 19.5 Å². The zero-order chi connectivity index (χ0) is 16.7. The number of rotatable bonds is 7. The number of aromatic nitrogens is 2. The third kappa shape index (κ3) is 5.72. The first-order valence-electron chi connectivity index (χ1n) is 7.87. The second-order valence-electron chi connectivity index (χ2n) is 5.60. The van der Waals surface area contributed by atoms with Crippen LogP contribution >= 0.6 is 0 Å². The van der Waals surface area contributed by atoms with Crippen molar-refractivity contribution < 1.29 is 14.7 Å². The van der Waals surface area contributed by atoms with Crippen LogP contribution in [-0.4, -0.2) is 46.7 Å². The lowest BCUT2D eigenvalue weighted by Crippen LogP contribution is -2.36. The predicted octanol–water partition coefficient (Wildman–Crippen LogP) is 1.05. The molecule has 0 aliphatic carbocycles. The van der Waals surface area contributed by atoms with E-state index in [2.05, 4.69) is 25.5 Å². The molecular weight excluding hydrogens is 298 g/mol. The van der Waals surface area contributed by atoms with Crippen molar-refractivity contribution in [3.8, 4) is 0 Å². The van der Waals surface area contributed by atoms with Gasteiger partial charge in [0.05, 0.1) is 12.2 Å². The number of urea groups is 1. The van der Waals surface area contributed by atoms with Gasteiger partial charge in [0.1, 0.15) is 0 Å². The van der Waals surface area contributed by atoms with Gasteiger partial charge in [-0.25, -0.2) is 14.8 Å². The molecule has 0 bridgehead atoms. The van der Waals surface area contributed by atoms with Crippen LogP contribution in [0.1, 0.15) is 37.1 Å². The van der Waals surface area contributed by atoms with Crippen molar-refractivity contribution in [2.45, 2.75) is 39.2 Å². The molecule has 0 spiro atoms. The van der Waals surface area contributed by atoms with E-state index in [0.717, 1.165) is 43.3 Å². The van der Waals surface area contributed by atoms with E-state index < -0.39 is 5.97 Å². The highest BCUT2D eigenvalue weighted by Gasteiger charge is 2.16. The molecule has 1 fully saturated rings. The minimum absolute atomic E-state index is 0.0462. The lowest BCUT2D eigenvalue weighted by atomic mass is 10.3. The first kappa shape index (κ1) is 17.0. The third-order valence-corrected chi connectivity index (χ3v) is 3.57. The van der Waals surface area contributed by atoms with Crippen LogP contribution in [0, 0.1) is 6.92 Å². The Labute approximate surface area is 135 Å². The molecule has 23 heavy (non-hydrogen) atoms. The summed E-state index contributed by atoms with van der Waals surface area (Å²) >= 11 is 0. The van der Waals surface area contributed by atoms with Gasteiger partial charge in [-0.2, -0.15) is 0 Å². The Balaban J connectivity index is 1.80. The first-order valence-corrected chi connectivity index (χ1v) is 7.87. The lowest BCUT2D eigenvalue weighted by Gasteiger charge is -2.16. The molecule has 1 aliphatic rings. The largest absolute Gasteiger partial charge is 0.481 e. The molecule has 8 nitrogen and oxygen atoms in total. The number of nitrogens with one attached hydrogen (secondary N) is 2. The van der Waals surface area contributed by atoms with Gasteiger partial charge in [0, 0.05) is 31.7 Å². The number of hydrogen-bond donors (Lipinski definition) is 3. The number of hydrogen-bond acceptors (Lipinski definition) is 5. The van der Waals surface area contributed by atoms with Crippen molar-refractivity contribution in [1.82, 2.24) is 20.6 Å². The number of aryl methyl sites for hydroxylation is 1. The van der Waals surface area contributed by atoms with Gasteiger partial charge in [-0.1, -0.05) is 0 Å². The van der Waals surface area contributed by atoms with Crippen LogP contribution in [-0.2, 0) is 11.3 Å². The van der Waals surface area contributed by atoms with Crippen molar-refractivity contribution >= 4 is 17.9 Å². The maximum Gasteiger partial charge on any atom is 0.315 e. The zero-order valence-corrected chi connectivity index (χ0v) is 13.3.